The van der Waals surface area contributed by atoms with Crippen molar-refractivity contribution in [3.8, 4) is 0 Å². The van der Waals surface area contributed by atoms with E-state index >= 15 is 0 Å². The summed E-state index contributed by atoms with van der Waals surface area (Å²) in [6, 6.07) is 0.490. The highest BCUT2D eigenvalue weighted by Gasteiger charge is 2.24. The van der Waals surface area contributed by atoms with E-state index in [1.807, 2.05) is 0 Å². The van der Waals surface area contributed by atoms with Crippen LogP contribution in [0.5, 0.6) is 0 Å². The molecule has 1 aliphatic carbocycles. The lowest BCUT2D eigenvalue weighted by atomic mass is 9.97. The fourth-order valence-corrected chi connectivity index (χ4v) is 1.72. The second kappa shape index (κ2) is 4.07. The molecular formula is C9H17N3O. The molecule has 2 rings (SSSR count). The van der Waals surface area contributed by atoms with Crippen molar-refractivity contribution >= 4 is 5.84 Å². The number of amidine groups is 1. The Morgan fingerprint density at radius 2 is 1.92 bits per heavy atom. The Bertz CT molecular complexity index is 195. The number of aliphatic imine (C=N–C) groups is 1. The van der Waals surface area contributed by atoms with Crippen LogP contribution in [0.15, 0.2) is 4.99 Å². The number of hydrogen-bond donors (Lipinski definition) is 3. The van der Waals surface area contributed by atoms with Crippen LogP contribution in [0.4, 0.5) is 0 Å². The maximum Gasteiger partial charge on any atom is 0.124 e. The quantitative estimate of drug-likeness (QED) is 0.332. The van der Waals surface area contributed by atoms with Gasteiger partial charge in [-0.15, -0.1) is 0 Å². The highest BCUT2D eigenvalue weighted by Crippen LogP contribution is 2.25. The molecule has 0 amide bonds. The lowest BCUT2D eigenvalue weighted by Gasteiger charge is -2.23. The molecule has 3 N–H and O–H groups in total. The largest absolute Gasteiger partial charge is 0.317 e. The van der Waals surface area contributed by atoms with Gasteiger partial charge >= 0.3 is 0 Å². The van der Waals surface area contributed by atoms with Crippen molar-refractivity contribution in [2.24, 2.45) is 10.9 Å². The van der Waals surface area contributed by atoms with Gasteiger partial charge < -0.3 is 5.32 Å². The van der Waals surface area contributed by atoms with Gasteiger partial charge in [-0.05, 0) is 38.8 Å². The minimum absolute atomic E-state index is 0.437. The molecule has 4 heteroatoms. The molecule has 0 atom stereocenters. The molecule has 2 aliphatic rings. The lowest BCUT2D eigenvalue weighted by Crippen LogP contribution is -2.37. The monoisotopic (exact) mass is 183 g/mol. The van der Waals surface area contributed by atoms with Crippen LogP contribution in [0.3, 0.4) is 0 Å². The van der Waals surface area contributed by atoms with Crippen molar-refractivity contribution in [2.45, 2.75) is 31.7 Å². The van der Waals surface area contributed by atoms with E-state index in [0.29, 0.717) is 12.0 Å². The van der Waals surface area contributed by atoms with Crippen molar-refractivity contribution < 1.29 is 5.21 Å². The molecule has 0 unspecified atom stereocenters. The second-order valence-electron chi connectivity index (χ2n) is 3.88. The Hall–Kier alpha value is -0.610. The molecule has 13 heavy (non-hydrogen) atoms. The zero-order valence-electron chi connectivity index (χ0n) is 7.79. The fraction of sp³-hybridized carbons (Fsp3) is 0.889. The number of hydrogen-bond acceptors (Lipinski definition) is 3. The van der Waals surface area contributed by atoms with E-state index in [1.165, 1.54) is 12.8 Å². The molecule has 1 aliphatic heterocycles. The molecular weight excluding hydrogens is 166 g/mol. The average molecular weight is 183 g/mol. The maximum atomic E-state index is 8.95. The zero-order valence-corrected chi connectivity index (χ0v) is 7.79. The zero-order chi connectivity index (χ0) is 9.10. The number of nitrogens with zero attached hydrogens (tertiary/aromatic N) is 1. The predicted molar refractivity (Wildman–Crippen MR) is 51.0 cm³/mol. The predicted octanol–water partition coefficient (Wildman–Crippen LogP) is 0.526. The van der Waals surface area contributed by atoms with Crippen molar-refractivity contribution in [3.05, 3.63) is 0 Å². The van der Waals surface area contributed by atoms with Gasteiger partial charge in [0.15, 0.2) is 0 Å². The highest BCUT2D eigenvalue weighted by molar-refractivity contribution is 5.84. The fourth-order valence-electron chi connectivity index (χ4n) is 1.72. The lowest BCUT2D eigenvalue weighted by molar-refractivity contribution is 0.222. The van der Waals surface area contributed by atoms with E-state index in [9.17, 15) is 0 Å². The number of rotatable bonds is 2. The molecule has 4 nitrogen and oxygen atoms in total. The summed E-state index contributed by atoms with van der Waals surface area (Å²) in [5, 5.41) is 12.3. The van der Waals surface area contributed by atoms with Gasteiger partial charge in [-0.3, -0.25) is 15.7 Å². The summed E-state index contributed by atoms with van der Waals surface area (Å²) in [7, 11) is 0. The molecule has 1 saturated heterocycles. The maximum absolute atomic E-state index is 8.95. The van der Waals surface area contributed by atoms with Crippen LogP contribution in [0.1, 0.15) is 25.7 Å². The summed E-state index contributed by atoms with van der Waals surface area (Å²) < 4.78 is 0. The van der Waals surface area contributed by atoms with Crippen LogP contribution >= 0.6 is 0 Å². The first-order valence-electron chi connectivity index (χ1n) is 5.08. The first-order chi connectivity index (χ1) is 6.40. The average Bonchev–Trinajstić information content (AvgIpc) is 2.99. The Kier molecular flexibility index (Phi) is 2.80. The second-order valence-corrected chi connectivity index (χ2v) is 3.88. The summed E-state index contributed by atoms with van der Waals surface area (Å²) in [6.07, 6.45) is 4.55. The van der Waals surface area contributed by atoms with E-state index in [1.54, 1.807) is 0 Å². The van der Waals surface area contributed by atoms with E-state index in [0.717, 1.165) is 31.8 Å². The van der Waals surface area contributed by atoms with Gasteiger partial charge in [0.2, 0.25) is 0 Å². The van der Waals surface area contributed by atoms with E-state index < -0.39 is 0 Å². The summed E-state index contributed by atoms with van der Waals surface area (Å²) in [6.45, 7) is 2.08. The summed E-state index contributed by atoms with van der Waals surface area (Å²) in [5.74, 6) is 1.25. The first kappa shape index (κ1) is 8.97. The molecule has 74 valence electrons. The Morgan fingerprint density at radius 1 is 1.23 bits per heavy atom. The third-order valence-electron chi connectivity index (χ3n) is 2.71. The van der Waals surface area contributed by atoms with Gasteiger partial charge in [-0.1, -0.05) is 0 Å². The Balaban J connectivity index is 1.93. The Morgan fingerprint density at radius 3 is 2.46 bits per heavy atom. The molecule has 1 saturated carbocycles. The molecule has 0 aromatic rings. The highest BCUT2D eigenvalue weighted by atomic mass is 16.5. The molecule has 0 aromatic carbocycles. The first-order valence-corrected chi connectivity index (χ1v) is 5.08. The van der Waals surface area contributed by atoms with E-state index in [-0.39, 0.29) is 0 Å². The molecule has 0 spiro atoms. The molecule has 1 heterocycles. The van der Waals surface area contributed by atoms with Crippen LogP contribution in [0.25, 0.3) is 0 Å². The standard InChI is InChI=1S/C9H17N3O/c13-12-9(11-8-1-2-8)7-3-5-10-6-4-7/h7-8,10,13H,1-6H2,(H,11,12). The molecule has 2 fully saturated rings. The topological polar surface area (TPSA) is 56.6 Å². The van der Waals surface area contributed by atoms with Crippen LogP contribution in [-0.4, -0.2) is 30.2 Å². The van der Waals surface area contributed by atoms with Gasteiger partial charge in [-0.2, -0.15) is 0 Å². The normalized spacial score (nSPS) is 26.1. The molecule has 0 aromatic heterocycles. The van der Waals surface area contributed by atoms with Gasteiger partial charge in [0.1, 0.15) is 5.84 Å². The third-order valence-corrected chi connectivity index (χ3v) is 2.71. The van der Waals surface area contributed by atoms with E-state index in [4.69, 9.17) is 5.21 Å². The summed E-state index contributed by atoms with van der Waals surface area (Å²) in [5.41, 5.74) is 2.27. The van der Waals surface area contributed by atoms with Gasteiger partial charge in [-0.25, -0.2) is 0 Å². The van der Waals surface area contributed by atoms with Gasteiger partial charge in [0.25, 0.3) is 0 Å². The van der Waals surface area contributed by atoms with E-state index in [2.05, 4.69) is 15.8 Å². The van der Waals surface area contributed by atoms with Gasteiger partial charge in [0, 0.05) is 5.92 Å². The van der Waals surface area contributed by atoms with Gasteiger partial charge in [0.05, 0.1) is 6.04 Å². The molecule has 0 bridgehead atoms. The van der Waals surface area contributed by atoms with Crippen molar-refractivity contribution in [1.82, 2.24) is 10.8 Å². The minimum Gasteiger partial charge on any atom is -0.317 e. The third kappa shape index (κ3) is 2.42. The van der Waals surface area contributed by atoms with Crippen molar-refractivity contribution in [3.63, 3.8) is 0 Å². The van der Waals surface area contributed by atoms with Crippen molar-refractivity contribution in [1.29, 1.82) is 0 Å². The molecule has 0 radical (unpaired) electrons. The Labute approximate surface area is 78.4 Å². The van der Waals surface area contributed by atoms with Crippen molar-refractivity contribution in [2.75, 3.05) is 13.1 Å². The van der Waals surface area contributed by atoms with Crippen LogP contribution < -0.4 is 10.8 Å². The summed E-state index contributed by atoms with van der Waals surface area (Å²) >= 11 is 0. The van der Waals surface area contributed by atoms with Crippen LogP contribution in [0, 0.1) is 5.92 Å². The summed E-state index contributed by atoms with van der Waals surface area (Å²) in [4.78, 5) is 4.46. The smallest absolute Gasteiger partial charge is 0.124 e. The SMILES string of the molecule is ONC(=NC1CC1)C1CCNCC1. The number of nitrogens with one attached hydrogen (secondary N) is 2. The minimum atomic E-state index is 0.437. The number of piperidine rings is 1. The van der Waals surface area contributed by atoms with Crippen LogP contribution in [0.2, 0.25) is 0 Å². The number of hydroxylamine groups is 1. The van der Waals surface area contributed by atoms with Crippen LogP contribution in [-0.2, 0) is 0 Å².